The maximum absolute atomic E-state index is 12.0. The Balaban J connectivity index is 2.13. The zero-order valence-electron chi connectivity index (χ0n) is 10.7. The molecule has 0 saturated carbocycles. The first-order chi connectivity index (χ1) is 10.0. The summed E-state index contributed by atoms with van der Waals surface area (Å²) in [5, 5.41) is 28.8. The number of ether oxygens (including phenoxy) is 1. The predicted octanol–water partition coefficient (Wildman–Crippen LogP) is -2.30. The van der Waals surface area contributed by atoms with Crippen LogP contribution in [0.1, 0.15) is 6.23 Å². The number of hydrogen-bond acceptors (Lipinski definition) is 7. The third-order valence-electron chi connectivity index (χ3n) is 3.46. The van der Waals surface area contributed by atoms with E-state index in [1.165, 1.54) is 18.5 Å². The quantitative estimate of drug-likeness (QED) is 0.488. The van der Waals surface area contributed by atoms with Gasteiger partial charge in [0.2, 0.25) is 0 Å². The van der Waals surface area contributed by atoms with E-state index < -0.39 is 36.8 Å². The summed E-state index contributed by atoms with van der Waals surface area (Å²) in [7, 11) is 0. The molecule has 2 aromatic rings. The molecule has 1 saturated heterocycles. The average Bonchev–Trinajstić information content (AvgIpc) is 2.75. The molecule has 1 aliphatic rings. The van der Waals surface area contributed by atoms with E-state index in [2.05, 4.69) is 9.97 Å². The molecule has 0 bridgehead atoms. The first-order valence-electron chi connectivity index (χ1n) is 6.26. The fourth-order valence-corrected chi connectivity index (χ4v) is 2.34. The maximum atomic E-state index is 12.0. The van der Waals surface area contributed by atoms with Gasteiger partial charge in [0.05, 0.1) is 12.0 Å². The largest absolute Gasteiger partial charge is 0.394 e. The second-order valence-corrected chi connectivity index (χ2v) is 4.76. The van der Waals surface area contributed by atoms with Crippen LogP contribution >= 0.6 is 0 Å². The molecule has 4 atom stereocenters. The van der Waals surface area contributed by atoms with Crippen LogP contribution in [0.15, 0.2) is 28.0 Å². The molecule has 0 aromatic carbocycles. The molecule has 112 valence electrons. The van der Waals surface area contributed by atoms with E-state index in [9.17, 15) is 19.8 Å². The number of H-pyrrole nitrogens is 1. The Labute approximate surface area is 117 Å². The highest BCUT2D eigenvalue weighted by molar-refractivity contribution is 5.72. The summed E-state index contributed by atoms with van der Waals surface area (Å²) in [6, 6.07) is 1.27. The molecule has 0 spiro atoms. The molecule has 1 unspecified atom stereocenters. The molecule has 1 fully saturated rings. The summed E-state index contributed by atoms with van der Waals surface area (Å²) in [6.45, 7) is -0.509. The Morgan fingerprint density at radius 2 is 2.10 bits per heavy atom. The smallest absolute Gasteiger partial charge is 0.351 e. The molecule has 3 heterocycles. The van der Waals surface area contributed by atoms with Gasteiger partial charge in [-0.2, -0.15) is 4.98 Å². The van der Waals surface area contributed by atoms with Gasteiger partial charge in [0.25, 0.3) is 0 Å². The lowest BCUT2D eigenvalue weighted by Gasteiger charge is -2.17. The van der Waals surface area contributed by atoms with Gasteiger partial charge < -0.3 is 25.0 Å². The number of nitrogens with zero attached hydrogens (tertiary/aromatic N) is 2. The third kappa shape index (κ3) is 2.16. The van der Waals surface area contributed by atoms with Crippen molar-refractivity contribution in [3.63, 3.8) is 0 Å². The number of hydrogen-bond donors (Lipinski definition) is 4. The second kappa shape index (κ2) is 5.04. The first kappa shape index (κ1) is 13.9. The minimum Gasteiger partial charge on any atom is -0.394 e. The number of rotatable bonds is 2. The van der Waals surface area contributed by atoms with Gasteiger partial charge in [0, 0.05) is 18.5 Å². The minimum absolute atomic E-state index is 0.121. The number of fused-ring (bicyclic) bond motifs is 1. The van der Waals surface area contributed by atoms with Crippen LogP contribution < -0.4 is 11.1 Å². The van der Waals surface area contributed by atoms with E-state index in [-0.39, 0.29) is 16.5 Å². The van der Waals surface area contributed by atoms with Gasteiger partial charge in [-0.25, -0.2) is 4.79 Å². The van der Waals surface area contributed by atoms with Crippen LogP contribution in [-0.4, -0.2) is 54.8 Å². The predicted molar refractivity (Wildman–Crippen MR) is 69.6 cm³/mol. The van der Waals surface area contributed by atoms with Crippen LogP contribution in [0.5, 0.6) is 0 Å². The lowest BCUT2D eigenvalue weighted by atomic mass is 10.1. The lowest BCUT2D eigenvalue weighted by molar-refractivity contribution is -0.0547. The Hall–Kier alpha value is -2.07. The van der Waals surface area contributed by atoms with E-state index in [0.29, 0.717) is 0 Å². The van der Waals surface area contributed by atoms with Crippen molar-refractivity contribution in [3.05, 3.63) is 39.2 Å². The summed E-state index contributed by atoms with van der Waals surface area (Å²) >= 11 is 0. The van der Waals surface area contributed by atoms with Crippen LogP contribution in [0, 0.1) is 0 Å². The lowest BCUT2D eigenvalue weighted by Crippen LogP contribution is -2.36. The van der Waals surface area contributed by atoms with E-state index in [0.717, 1.165) is 4.57 Å². The molecule has 9 heteroatoms. The summed E-state index contributed by atoms with van der Waals surface area (Å²) < 4.78 is 6.18. The number of aliphatic hydroxyl groups is 3. The topological polar surface area (TPSA) is 138 Å². The first-order valence-corrected chi connectivity index (χ1v) is 6.26. The van der Waals surface area contributed by atoms with E-state index in [1.807, 2.05) is 0 Å². The highest BCUT2D eigenvalue weighted by Crippen LogP contribution is 2.28. The Bertz CT molecular complexity index is 784. The highest BCUT2D eigenvalue weighted by atomic mass is 16.6. The molecular formula is C12H13N3O6. The number of aromatic nitrogens is 3. The van der Waals surface area contributed by atoms with Crippen LogP contribution in [0.25, 0.3) is 11.0 Å². The Morgan fingerprint density at radius 1 is 1.33 bits per heavy atom. The number of aromatic amines is 1. The molecule has 2 aromatic heterocycles. The highest BCUT2D eigenvalue weighted by Gasteiger charge is 2.43. The number of aliphatic hydroxyl groups excluding tert-OH is 3. The molecule has 1 aliphatic heterocycles. The molecule has 21 heavy (non-hydrogen) atoms. The molecule has 0 amide bonds. The van der Waals surface area contributed by atoms with Crippen LogP contribution in [-0.2, 0) is 4.74 Å². The van der Waals surface area contributed by atoms with Crippen molar-refractivity contribution in [1.82, 2.24) is 14.5 Å². The van der Waals surface area contributed by atoms with E-state index in [4.69, 9.17) is 9.84 Å². The van der Waals surface area contributed by atoms with Crippen molar-refractivity contribution in [2.24, 2.45) is 0 Å². The average molecular weight is 295 g/mol. The van der Waals surface area contributed by atoms with Crippen molar-refractivity contribution in [2.75, 3.05) is 6.61 Å². The molecule has 3 rings (SSSR count). The van der Waals surface area contributed by atoms with E-state index >= 15 is 0 Å². The fourth-order valence-electron chi connectivity index (χ4n) is 2.34. The summed E-state index contributed by atoms with van der Waals surface area (Å²) in [5.74, 6) is 0. The number of pyridine rings is 1. The van der Waals surface area contributed by atoms with Crippen molar-refractivity contribution in [1.29, 1.82) is 0 Å². The zero-order chi connectivity index (χ0) is 15.1. The van der Waals surface area contributed by atoms with Crippen molar-refractivity contribution in [3.8, 4) is 0 Å². The van der Waals surface area contributed by atoms with Crippen molar-refractivity contribution >= 4 is 11.0 Å². The van der Waals surface area contributed by atoms with Gasteiger partial charge in [0.15, 0.2) is 11.7 Å². The summed E-state index contributed by atoms with van der Waals surface area (Å²) in [5.41, 5.74) is -0.980. The third-order valence-corrected chi connectivity index (χ3v) is 3.46. The van der Waals surface area contributed by atoms with Crippen LogP contribution in [0.2, 0.25) is 0 Å². The molecule has 9 nitrogen and oxygen atoms in total. The monoisotopic (exact) mass is 295 g/mol. The maximum Gasteiger partial charge on any atom is 0.351 e. The van der Waals surface area contributed by atoms with Gasteiger partial charge in [-0.05, 0) is 0 Å². The standard InChI is InChI=1S/C12H13N3O6/c16-4-7-8(18)9(19)11(21-7)15-3-5-6(17)1-2-13-10(5)14-12(15)20/h1-3,7-9,11,16,18-19H,4H2,(H,13,14,20)/t7-,8?,9+,11-/m1/s1. The zero-order valence-corrected chi connectivity index (χ0v) is 10.7. The van der Waals surface area contributed by atoms with E-state index in [1.54, 1.807) is 0 Å². The molecule has 0 radical (unpaired) electrons. The van der Waals surface area contributed by atoms with Gasteiger partial charge in [-0.15, -0.1) is 0 Å². The van der Waals surface area contributed by atoms with Gasteiger partial charge in [-0.1, -0.05) is 0 Å². The van der Waals surface area contributed by atoms with Crippen molar-refractivity contribution < 1.29 is 20.1 Å². The van der Waals surface area contributed by atoms with Gasteiger partial charge in [0.1, 0.15) is 24.0 Å². The normalized spacial score (nSPS) is 29.1. The fraction of sp³-hybridized carbons (Fsp3) is 0.417. The van der Waals surface area contributed by atoms with Crippen LogP contribution in [0.3, 0.4) is 0 Å². The van der Waals surface area contributed by atoms with Gasteiger partial charge in [-0.3, -0.25) is 9.36 Å². The second-order valence-electron chi connectivity index (χ2n) is 4.76. The van der Waals surface area contributed by atoms with Crippen molar-refractivity contribution in [2.45, 2.75) is 24.5 Å². The Kier molecular flexibility index (Phi) is 3.33. The molecule has 0 aliphatic carbocycles. The molecule has 4 N–H and O–H groups in total. The minimum atomic E-state index is -1.41. The summed E-state index contributed by atoms with van der Waals surface area (Å²) in [4.78, 5) is 30.1. The summed E-state index contributed by atoms with van der Waals surface area (Å²) in [6.07, 6.45) is -2.40. The number of nitrogens with one attached hydrogen (secondary N) is 1. The van der Waals surface area contributed by atoms with Crippen LogP contribution in [0.4, 0.5) is 0 Å². The molecular weight excluding hydrogens is 282 g/mol. The van der Waals surface area contributed by atoms with Gasteiger partial charge >= 0.3 is 5.69 Å². The Morgan fingerprint density at radius 3 is 2.76 bits per heavy atom. The SMILES string of the molecule is O=c1cc[nH]c2nc(=O)n([C@@H]3O[C@H](CO)C(O)[C@@H]3O)cc12.